The summed E-state index contributed by atoms with van der Waals surface area (Å²) in [6.45, 7) is 7.24. The molecule has 0 spiro atoms. The summed E-state index contributed by atoms with van der Waals surface area (Å²) in [5.41, 5.74) is -0.612. The number of benzene rings is 1. The van der Waals surface area contributed by atoms with Gasteiger partial charge in [0.25, 0.3) is 0 Å². The fraction of sp³-hybridized carbons (Fsp3) is 0.562. The standard InChI is InChI=1S/C16H25NO4S/c1-5-9-13(17-15(18)21-16(2,3)4)12-22(19,20)14-10-7-6-8-11-14/h6-8,10-11,13H,5,9,12H2,1-4H3,(H,17,18)/t13-/m1/s1. The fourth-order valence-electron chi connectivity index (χ4n) is 2.01. The van der Waals surface area contributed by atoms with Gasteiger partial charge in [-0.1, -0.05) is 31.5 Å². The van der Waals surface area contributed by atoms with Gasteiger partial charge < -0.3 is 10.1 Å². The van der Waals surface area contributed by atoms with Crippen LogP contribution in [0.1, 0.15) is 40.5 Å². The summed E-state index contributed by atoms with van der Waals surface area (Å²) < 4.78 is 30.0. The Hall–Kier alpha value is -1.56. The topological polar surface area (TPSA) is 72.5 Å². The largest absolute Gasteiger partial charge is 0.444 e. The maximum Gasteiger partial charge on any atom is 0.407 e. The van der Waals surface area contributed by atoms with Gasteiger partial charge in [0.1, 0.15) is 5.60 Å². The van der Waals surface area contributed by atoms with Crippen molar-refractivity contribution in [3.05, 3.63) is 30.3 Å². The molecule has 22 heavy (non-hydrogen) atoms. The van der Waals surface area contributed by atoms with E-state index in [-0.39, 0.29) is 10.6 Å². The molecule has 6 heteroatoms. The Balaban J connectivity index is 2.78. The van der Waals surface area contributed by atoms with Crippen LogP contribution >= 0.6 is 0 Å². The summed E-state index contributed by atoms with van der Waals surface area (Å²) >= 11 is 0. The Morgan fingerprint density at radius 2 is 1.82 bits per heavy atom. The third-order valence-electron chi connectivity index (χ3n) is 2.88. The van der Waals surface area contributed by atoms with Crippen LogP contribution in [0.4, 0.5) is 4.79 Å². The Labute approximate surface area is 133 Å². The lowest BCUT2D eigenvalue weighted by Gasteiger charge is -2.23. The van der Waals surface area contributed by atoms with Gasteiger partial charge in [0.05, 0.1) is 10.6 Å². The van der Waals surface area contributed by atoms with Gasteiger partial charge in [0, 0.05) is 6.04 Å². The molecule has 0 bridgehead atoms. The quantitative estimate of drug-likeness (QED) is 0.871. The molecule has 124 valence electrons. The van der Waals surface area contributed by atoms with Crippen molar-refractivity contribution in [1.82, 2.24) is 5.32 Å². The molecule has 0 aliphatic rings. The lowest BCUT2D eigenvalue weighted by atomic mass is 10.2. The van der Waals surface area contributed by atoms with E-state index in [4.69, 9.17) is 4.74 Å². The molecule has 0 fully saturated rings. The van der Waals surface area contributed by atoms with Gasteiger partial charge in [0.2, 0.25) is 0 Å². The Morgan fingerprint density at radius 3 is 2.32 bits per heavy atom. The molecule has 0 aromatic heterocycles. The van der Waals surface area contributed by atoms with Crippen LogP contribution in [-0.4, -0.2) is 31.9 Å². The number of rotatable bonds is 6. The highest BCUT2D eigenvalue weighted by Crippen LogP contribution is 2.14. The van der Waals surface area contributed by atoms with Gasteiger partial charge in [0.15, 0.2) is 9.84 Å². The van der Waals surface area contributed by atoms with Gasteiger partial charge in [-0.15, -0.1) is 0 Å². The van der Waals surface area contributed by atoms with Gasteiger partial charge in [-0.2, -0.15) is 0 Å². The van der Waals surface area contributed by atoms with E-state index in [0.29, 0.717) is 6.42 Å². The summed E-state index contributed by atoms with van der Waals surface area (Å²) in [6.07, 6.45) is 0.755. The van der Waals surface area contributed by atoms with Gasteiger partial charge in [-0.25, -0.2) is 13.2 Å². The Bertz CT molecular complexity index is 576. The van der Waals surface area contributed by atoms with E-state index in [1.165, 1.54) is 0 Å². The molecule has 1 rings (SSSR count). The summed E-state index contributed by atoms with van der Waals surface area (Å²) in [5.74, 6) is -0.135. The van der Waals surface area contributed by atoms with Crippen LogP contribution in [0.25, 0.3) is 0 Å². The third kappa shape index (κ3) is 6.47. The van der Waals surface area contributed by atoms with Crippen molar-refractivity contribution in [2.75, 3.05) is 5.75 Å². The average molecular weight is 327 g/mol. The summed E-state index contributed by atoms with van der Waals surface area (Å²) in [5, 5.41) is 2.66. The maximum absolute atomic E-state index is 12.4. The van der Waals surface area contributed by atoms with Crippen molar-refractivity contribution in [1.29, 1.82) is 0 Å². The number of hydrogen-bond donors (Lipinski definition) is 1. The molecule has 0 saturated carbocycles. The highest BCUT2D eigenvalue weighted by Gasteiger charge is 2.24. The normalized spacial score (nSPS) is 13.5. The lowest BCUT2D eigenvalue weighted by molar-refractivity contribution is 0.0507. The monoisotopic (exact) mass is 327 g/mol. The van der Waals surface area contributed by atoms with E-state index in [1.807, 2.05) is 6.92 Å². The van der Waals surface area contributed by atoms with Crippen LogP contribution in [-0.2, 0) is 14.6 Å². The van der Waals surface area contributed by atoms with E-state index < -0.39 is 27.6 Å². The first-order valence-corrected chi connectivity index (χ1v) is 9.06. The zero-order valence-corrected chi connectivity index (χ0v) is 14.4. The van der Waals surface area contributed by atoms with E-state index in [1.54, 1.807) is 51.1 Å². The van der Waals surface area contributed by atoms with Crippen LogP contribution in [0.15, 0.2) is 35.2 Å². The van der Waals surface area contributed by atoms with Crippen LogP contribution in [0.2, 0.25) is 0 Å². The van der Waals surface area contributed by atoms with Gasteiger partial charge in [-0.05, 0) is 39.3 Å². The first-order valence-electron chi connectivity index (χ1n) is 7.41. The molecule has 0 heterocycles. The van der Waals surface area contributed by atoms with Crippen molar-refractivity contribution in [2.24, 2.45) is 0 Å². The summed E-state index contributed by atoms with van der Waals surface area (Å²) in [7, 11) is -3.44. The van der Waals surface area contributed by atoms with Gasteiger partial charge in [-0.3, -0.25) is 0 Å². The summed E-state index contributed by atoms with van der Waals surface area (Å²) in [6, 6.07) is 7.79. The molecule has 1 atom stereocenters. The van der Waals surface area contributed by atoms with E-state index in [2.05, 4.69) is 5.32 Å². The molecule has 1 N–H and O–H groups in total. The van der Waals surface area contributed by atoms with Crippen molar-refractivity contribution >= 4 is 15.9 Å². The van der Waals surface area contributed by atoms with Crippen LogP contribution in [0.5, 0.6) is 0 Å². The first kappa shape index (κ1) is 18.5. The molecular formula is C16H25NO4S. The minimum Gasteiger partial charge on any atom is -0.444 e. The fourth-order valence-corrected chi connectivity index (χ4v) is 3.55. The molecule has 1 aromatic rings. The number of carbonyl (C=O) groups is 1. The van der Waals surface area contributed by atoms with Crippen molar-refractivity contribution in [3.8, 4) is 0 Å². The molecule has 1 aromatic carbocycles. The van der Waals surface area contributed by atoms with Crippen molar-refractivity contribution in [3.63, 3.8) is 0 Å². The molecular weight excluding hydrogens is 302 g/mol. The molecule has 1 amide bonds. The second-order valence-electron chi connectivity index (χ2n) is 6.23. The Kier molecular flexibility index (Phi) is 6.41. The zero-order chi connectivity index (χ0) is 16.8. The predicted molar refractivity (Wildman–Crippen MR) is 86.6 cm³/mol. The Morgan fingerprint density at radius 1 is 1.23 bits per heavy atom. The van der Waals surface area contributed by atoms with Crippen molar-refractivity contribution < 1.29 is 17.9 Å². The number of ether oxygens (including phenoxy) is 1. The molecule has 0 unspecified atom stereocenters. The smallest absolute Gasteiger partial charge is 0.407 e. The molecule has 5 nitrogen and oxygen atoms in total. The molecule has 0 aliphatic heterocycles. The third-order valence-corrected chi connectivity index (χ3v) is 4.71. The molecule has 0 saturated heterocycles. The average Bonchev–Trinajstić information content (AvgIpc) is 2.37. The lowest BCUT2D eigenvalue weighted by Crippen LogP contribution is -2.42. The van der Waals surface area contributed by atoms with Crippen LogP contribution in [0.3, 0.4) is 0 Å². The van der Waals surface area contributed by atoms with E-state index in [9.17, 15) is 13.2 Å². The minimum absolute atomic E-state index is 0.135. The van der Waals surface area contributed by atoms with E-state index in [0.717, 1.165) is 6.42 Å². The maximum atomic E-state index is 12.4. The zero-order valence-electron chi connectivity index (χ0n) is 13.6. The van der Waals surface area contributed by atoms with Gasteiger partial charge >= 0.3 is 6.09 Å². The highest BCUT2D eigenvalue weighted by atomic mass is 32.2. The van der Waals surface area contributed by atoms with E-state index >= 15 is 0 Å². The van der Waals surface area contributed by atoms with Crippen LogP contribution < -0.4 is 5.32 Å². The molecule has 0 radical (unpaired) electrons. The number of amides is 1. The number of hydrogen-bond acceptors (Lipinski definition) is 4. The first-order chi connectivity index (χ1) is 10.1. The summed E-state index contributed by atoms with van der Waals surface area (Å²) in [4.78, 5) is 12.1. The second kappa shape index (κ2) is 7.63. The second-order valence-corrected chi connectivity index (χ2v) is 8.26. The number of carbonyl (C=O) groups excluding carboxylic acids is 1. The van der Waals surface area contributed by atoms with Crippen LogP contribution in [0, 0.1) is 0 Å². The number of alkyl carbamates (subject to hydrolysis) is 1. The van der Waals surface area contributed by atoms with Crippen molar-refractivity contribution in [2.45, 2.75) is 57.1 Å². The number of nitrogens with one attached hydrogen (secondary N) is 1. The number of sulfone groups is 1. The predicted octanol–water partition coefficient (Wildman–Crippen LogP) is 3.15. The minimum atomic E-state index is -3.44. The SMILES string of the molecule is CCC[C@H](CS(=O)(=O)c1ccccc1)NC(=O)OC(C)(C)C. The highest BCUT2D eigenvalue weighted by molar-refractivity contribution is 7.91. The molecule has 0 aliphatic carbocycles.